The standard InChI is InChI=1S/C11H13ClN4/c1-3-4-9-13-5-6-16(9)11-8(2)10(12)14-7-15-11/h5-7H,3-4H2,1-2H3. The maximum absolute atomic E-state index is 5.98. The first-order chi connectivity index (χ1) is 7.74. The summed E-state index contributed by atoms with van der Waals surface area (Å²) in [7, 11) is 0. The number of aromatic nitrogens is 4. The average molecular weight is 237 g/mol. The molecule has 2 rings (SSSR count). The lowest BCUT2D eigenvalue weighted by molar-refractivity contribution is 0.792. The van der Waals surface area contributed by atoms with Crippen LogP contribution in [0.4, 0.5) is 0 Å². The van der Waals surface area contributed by atoms with Crippen LogP contribution in [-0.2, 0) is 6.42 Å². The zero-order chi connectivity index (χ0) is 11.5. The molecule has 5 heteroatoms. The van der Waals surface area contributed by atoms with E-state index in [1.165, 1.54) is 6.33 Å². The van der Waals surface area contributed by atoms with Crippen molar-refractivity contribution in [3.63, 3.8) is 0 Å². The van der Waals surface area contributed by atoms with Crippen LogP contribution in [0.25, 0.3) is 5.82 Å². The monoisotopic (exact) mass is 236 g/mol. The van der Waals surface area contributed by atoms with Crippen molar-refractivity contribution in [3.8, 4) is 5.82 Å². The van der Waals surface area contributed by atoms with Crippen LogP contribution < -0.4 is 0 Å². The van der Waals surface area contributed by atoms with Crippen LogP contribution >= 0.6 is 11.6 Å². The Kier molecular flexibility index (Phi) is 3.19. The largest absolute Gasteiger partial charge is 0.288 e. The fraction of sp³-hybridized carbons (Fsp3) is 0.364. The fourth-order valence-corrected chi connectivity index (χ4v) is 1.73. The molecule has 0 N–H and O–H groups in total. The van der Waals surface area contributed by atoms with E-state index in [1.54, 1.807) is 6.20 Å². The topological polar surface area (TPSA) is 43.6 Å². The highest BCUT2D eigenvalue weighted by molar-refractivity contribution is 6.30. The lowest BCUT2D eigenvalue weighted by Gasteiger charge is -2.09. The van der Waals surface area contributed by atoms with Gasteiger partial charge in [0.2, 0.25) is 0 Å². The van der Waals surface area contributed by atoms with Crippen LogP contribution in [0, 0.1) is 6.92 Å². The quantitative estimate of drug-likeness (QED) is 0.770. The molecule has 2 aromatic heterocycles. The summed E-state index contributed by atoms with van der Waals surface area (Å²) in [5.74, 6) is 1.81. The minimum atomic E-state index is 0.487. The lowest BCUT2D eigenvalue weighted by Crippen LogP contribution is -2.05. The summed E-state index contributed by atoms with van der Waals surface area (Å²) in [6.45, 7) is 4.03. The number of halogens is 1. The van der Waals surface area contributed by atoms with E-state index in [0.717, 1.165) is 30.0 Å². The van der Waals surface area contributed by atoms with Crippen LogP contribution in [-0.4, -0.2) is 19.5 Å². The van der Waals surface area contributed by atoms with E-state index in [1.807, 2.05) is 17.7 Å². The molecule has 0 spiro atoms. The van der Waals surface area contributed by atoms with Crippen LogP contribution in [0.15, 0.2) is 18.7 Å². The first-order valence-electron chi connectivity index (χ1n) is 5.23. The Bertz CT molecular complexity index is 492. The van der Waals surface area contributed by atoms with Gasteiger partial charge in [0.25, 0.3) is 0 Å². The molecule has 0 fully saturated rings. The predicted octanol–water partition coefficient (Wildman–Crippen LogP) is 2.58. The molecule has 4 nitrogen and oxygen atoms in total. The molecule has 0 saturated carbocycles. The molecular weight excluding hydrogens is 224 g/mol. The van der Waals surface area contributed by atoms with Crippen molar-refractivity contribution in [1.29, 1.82) is 0 Å². The minimum Gasteiger partial charge on any atom is -0.288 e. The van der Waals surface area contributed by atoms with Gasteiger partial charge in [0.05, 0.1) is 0 Å². The van der Waals surface area contributed by atoms with E-state index >= 15 is 0 Å². The number of nitrogens with zero attached hydrogens (tertiary/aromatic N) is 4. The summed E-state index contributed by atoms with van der Waals surface area (Å²) < 4.78 is 1.96. The SMILES string of the molecule is CCCc1nccn1-c1ncnc(Cl)c1C. The van der Waals surface area contributed by atoms with E-state index in [4.69, 9.17) is 11.6 Å². The lowest BCUT2D eigenvalue weighted by atomic mass is 10.3. The summed E-state index contributed by atoms with van der Waals surface area (Å²) >= 11 is 5.98. The molecule has 84 valence electrons. The molecule has 0 bridgehead atoms. The Morgan fingerprint density at radius 2 is 2.12 bits per heavy atom. The molecule has 0 radical (unpaired) electrons. The molecule has 2 heterocycles. The Hall–Kier alpha value is -1.42. The Morgan fingerprint density at radius 3 is 2.88 bits per heavy atom. The normalized spacial score (nSPS) is 10.7. The molecule has 16 heavy (non-hydrogen) atoms. The van der Waals surface area contributed by atoms with Gasteiger partial charge in [0.15, 0.2) is 0 Å². The summed E-state index contributed by atoms with van der Waals surface area (Å²) in [5, 5.41) is 0.487. The second kappa shape index (κ2) is 4.61. The third-order valence-electron chi connectivity index (χ3n) is 2.42. The van der Waals surface area contributed by atoms with Gasteiger partial charge < -0.3 is 0 Å². The van der Waals surface area contributed by atoms with E-state index in [0.29, 0.717) is 5.15 Å². The second-order valence-electron chi connectivity index (χ2n) is 3.58. The fourth-order valence-electron chi connectivity index (χ4n) is 1.60. The molecule has 0 aromatic carbocycles. The summed E-state index contributed by atoms with van der Waals surface area (Å²) in [6, 6.07) is 0. The summed E-state index contributed by atoms with van der Waals surface area (Å²) in [4.78, 5) is 12.5. The molecule has 0 amide bonds. The number of rotatable bonds is 3. The van der Waals surface area contributed by atoms with Crippen molar-refractivity contribution >= 4 is 11.6 Å². The van der Waals surface area contributed by atoms with E-state index < -0.39 is 0 Å². The highest BCUT2D eigenvalue weighted by Gasteiger charge is 2.10. The zero-order valence-corrected chi connectivity index (χ0v) is 10.1. The van der Waals surface area contributed by atoms with Crippen LogP contribution in [0.1, 0.15) is 24.7 Å². The van der Waals surface area contributed by atoms with Gasteiger partial charge in [-0.1, -0.05) is 18.5 Å². The second-order valence-corrected chi connectivity index (χ2v) is 3.93. The van der Waals surface area contributed by atoms with Crippen molar-refractivity contribution in [2.24, 2.45) is 0 Å². The van der Waals surface area contributed by atoms with Crippen molar-refractivity contribution in [3.05, 3.63) is 35.3 Å². The first kappa shape index (κ1) is 11.1. The molecule has 0 unspecified atom stereocenters. The van der Waals surface area contributed by atoms with Gasteiger partial charge >= 0.3 is 0 Å². The summed E-state index contributed by atoms with van der Waals surface area (Å²) in [5.41, 5.74) is 0.875. The Labute approximate surface area is 99.3 Å². The van der Waals surface area contributed by atoms with Crippen molar-refractivity contribution in [2.45, 2.75) is 26.7 Å². The van der Waals surface area contributed by atoms with Gasteiger partial charge in [-0.05, 0) is 13.3 Å². The number of aryl methyl sites for hydroxylation is 1. The van der Waals surface area contributed by atoms with Crippen LogP contribution in [0.5, 0.6) is 0 Å². The molecule has 0 aliphatic carbocycles. The third kappa shape index (κ3) is 1.93. The van der Waals surface area contributed by atoms with Crippen molar-refractivity contribution in [1.82, 2.24) is 19.5 Å². The smallest absolute Gasteiger partial charge is 0.145 e. The molecule has 0 aliphatic rings. The van der Waals surface area contributed by atoms with Crippen molar-refractivity contribution < 1.29 is 0 Å². The van der Waals surface area contributed by atoms with E-state index in [-0.39, 0.29) is 0 Å². The molecule has 2 aromatic rings. The molecule has 0 atom stereocenters. The van der Waals surface area contributed by atoms with Crippen molar-refractivity contribution in [2.75, 3.05) is 0 Å². The Morgan fingerprint density at radius 1 is 1.31 bits per heavy atom. The summed E-state index contributed by atoms with van der Waals surface area (Å²) in [6.07, 6.45) is 7.13. The van der Waals surface area contributed by atoms with Gasteiger partial charge in [-0.3, -0.25) is 4.57 Å². The van der Waals surface area contributed by atoms with Gasteiger partial charge in [0.1, 0.15) is 23.1 Å². The highest BCUT2D eigenvalue weighted by Crippen LogP contribution is 2.18. The zero-order valence-electron chi connectivity index (χ0n) is 9.31. The van der Waals surface area contributed by atoms with Gasteiger partial charge in [-0.25, -0.2) is 15.0 Å². The van der Waals surface area contributed by atoms with Gasteiger partial charge in [0, 0.05) is 24.4 Å². The van der Waals surface area contributed by atoms with Gasteiger partial charge in [-0.2, -0.15) is 0 Å². The maximum atomic E-state index is 5.98. The maximum Gasteiger partial charge on any atom is 0.145 e. The predicted molar refractivity (Wildman–Crippen MR) is 62.9 cm³/mol. The number of hydrogen-bond donors (Lipinski definition) is 0. The molecule has 0 saturated heterocycles. The molecule has 0 aliphatic heterocycles. The van der Waals surface area contributed by atoms with Crippen LogP contribution in [0.2, 0.25) is 5.15 Å². The number of imidazole rings is 1. The number of hydrogen-bond acceptors (Lipinski definition) is 3. The first-order valence-corrected chi connectivity index (χ1v) is 5.61. The Balaban J connectivity index is 2.50. The molecular formula is C11H13ClN4. The van der Waals surface area contributed by atoms with E-state index in [2.05, 4.69) is 21.9 Å². The highest BCUT2D eigenvalue weighted by atomic mass is 35.5. The average Bonchev–Trinajstić information content (AvgIpc) is 2.71. The minimum absolute atomic E-state index is 0.487. The third-order valence-corrected chi connectivity index (χ3v) is 2.80. The van der Waals surface area contributed by atoms with Gasteiger partial charge in [-0.15, -0.1) is 0 Å². The van der Waals surface area contributed by atoms with E-state index in [9.17, 15) is 0 Å². The van der Waals surface area contributed by atoms with Crippen LogP contribution in [0.3, 0.4) is 0 Å².